The lowest BCUT2D eigenvalue weighted by Crippen LogP contribution is -2.49. The standard InChI is InChI=1S/C16H20FN3/c17-16-11-15(6-5-13(16)12-18)20-9-7-19(8-10-20)14-3-1-2-4-14/h5-6,11,14H,1-4,7-10H2. The first-order chi connectivity index (χ1) is 9.78. The smallest absolute Gasteiger partial charge is 0.143 e. The number of piperazine rings is 1. The summed E-state index contributed by atoms with van der Waals surface area (Å²) >= 11 is 0. The number of nitrogens with zero attached hydrogens (tertiary/aromatic N) is 3. The van der Waals surface area contributed by atoms with E-state index in [4.69, 9.17) is 5.26 Å². The van der Waals surface area contributed by atoms with E-state index in [1.54, 1.807) is 6.07 Å². The minimum absolute atomic E-state index is 0.123. The van der Waals surface area contributed by atoms with Gasteiger partial charge in [-0.05, 0) is 31.0 Å². The highest BCUT2D eigenvalue weighted by atomic mass is 19.1. The second-order valence-electron chi connectivity index (χ2n) is 5.74. The molecule has 1 saturated heterocycles. The second-order valence-corrected chi connectivity index (χ2v) is 5.74. The number of halogens is 1. The quantitative estimate of drug-likeness (QED) is 0.830. The average Bonchev–Trinajstić information content (AvgIpc) is 3.01. The lowest BCUT2D eigenvalue weighted by Gasteiger charge is -2.39. The summed E-state index contributed by atoms with van der Waals surface area (Å²) in [5.74, 6) is -0.414. The molecular weight excluding hydrogens is 253 g/mol. The Kier molecular flexibility index (Phi) is 3.88. The molecule has 0 N–H and O–H groups in total. The number of rotatable bonds is 2. The van der Waals surface area contributed by atoms with Gasteiger partial charge in [0.2, 0.25) is 0 Å². The Morgan fingerprint density at radius 1 is 1.10 bits per heavy atom. The van der Waals surface area contributed by atoms with Gasteiger partial charge in [-0.15, -0.1) is 0 Å². The summed E-state index contributed by atoms with van der Waals surface area (Å²) in [5, 5.41) is 8.77. The molecule has 0 atom stereocenters. The molecule has 0 radical (unpaired) electrons. The predicted molar refractivity (Wildman–Crippen MR) is 77.2 cm³/mol. The lowest BCUT2D eigenvalue weighted by molar-refractivity contribution is 0.187. The van der Waals surface area contributed by atoms with Crippen molar-refractivity contribution < 1.29 is 4.39 Å². The van der Waals surface area contributed by atoms with Crippen molar-refractivity contribution in [2.24, 2.45) is 0 Å². The van der Waals surface area contributed by atoms with Crippen molar-refractivity contribution in [3.8, 4) is 6.07 Å². The van der Waals surface area contributed by atoms with Crippen LogP contribution >= 0.6 is 0 Å². The molecule has 4 heteroatoms. The van der Waals surface area contributed by atoms with Crippen LogP contribution in [0.4, 0.5) is 10.1 Å². The van der Waals surface area contributed by atoms with E-state index in [9.17, 15) is 4.39 Å². The Morgan fingerprint density at radius 2 is 1.80 bits per heavy atom. The first-order valence-corrected chi connectivity index (χ1v) is 7.46. The average molecular weight is 273 g/mol. The van der Waals surface area contributed by atoms with Crippen LogP contribution in [-0.4, -0.2) is 37.1 Å². The molecule has 3 nitrogen and oxygen atoms in total. The third kappa shape index (κ3) is 2.64. The van der Waals surface area contributed by atoms with Crippen LogP contribution in [-0.2, 0) is 0 Å². The van der Waals surface area contributed by atoms with Gasteiger partial charge in [0, 0.05) is 37.9 Å². The summed E-state index contributed by atoms with van der Waals surface area (Å²) in [6.07, 6.45) is 5.41. The van der Waals surface area contributed by atoms with Crippen molar-refractivity contribution in [2.45, 2.75) is 31.7 Å². The van der Waals surface area contributed by atoms with Gasteiger partial charge < -0.3 is 4.90 Å². The van der Waals surface area contributed by atoms with Gasteiger partial charge in [-0.2, -0.15) is 5.26 Å². The van der Waals surface area contributed by atoms with Crippen molar-refractivity contribution in [3.63, 3.8) is 0 Å². The van der Waals surface area contributed by atoms with E-state index < -0.39 is 5.82 Å². The topological polar surface area (TPSA) is 30.3 Å². The molecule has 1 aromatic carbocycles. The van der Waals surface area contributed by atoms with Crippen molar-refractivity contribution in [2.75, 3.05) is 31.1 Å². The normalized spacial score (nSPS) is 21.1. The molecule has 0 spiro atoms. The van der Waals surface area contributed by atoms with Crippen LogP contribution < -0.4 is 4.90 Å². The van der Waals surface area contributed by atoms with Gasteiger partial charge in [0.15, 0.2) is 0 Å². The van der Waals surface area contributed by atoms with Crippen LogP contribution in [0.1, 0.15) is 31.2 Å². The largest absolute Gasteiger partial charge is 0.369 e. The molecule has 0 amide bonds. The van der Waals surface area contributed by atoms with E-state index >= 15 is 0 Å². The zero-order chi connectivity index (χ0) is 13.9. The molecule has 1 heterocycles. The van der Waals surface area contributed by atoms with Gasteiger partial charge >= 0.3 is 0 Å². The van der Waals surface area contributed by atoms with E-state index in [1.165, 1.54) is 31.7 Å². The van der Waals surface area contributed by atoms with E-state index in [1.807, 2.05) is 12.1 Å². The Morgan fingerprint density at radius 3 is 2.40 bits per heavy atom. The third-order valence-corrected chi connectivity index (χ3v) is 4.59. The molecule has 1 aliphatic heterocycles. The van der Waals surface area contributed by atoms with Crippen molar-refractivity contribution in [3.05, 3.63) is 29.6 Å². The minimum atomic E-state index is -0.414. The number of hydrogen-bond donors (Lipinski definition) is 0. The molecular formula is C16H20FN3. The number of hydrogen-bond acceptors (Lipinski definition) is 3. The van der Waals surface area contributed by atoms with Gasteiger partial charge in [0.25, 0.3) is 0 Å². The fourth-order valence-corrected chi connectivity index (χ4v) is 3.41. The maximum absolute atomic E-state index is 13.7. The van der Waals surface area contributed by atoms with Crippen molar-refractivity contribution >= 4 is 5.69 Å². The Bertz CT molecular complexity index is 509. The van der Waals surface area contributed by atoms with Gasteiger partial charge in [-0.25, -0.2) is 4.39 Å². The van der Waals surface area contributed by atoms with Crippen molar-refractivity contribution in [1.29, 1.82) is 5.26 Å². The van der Waals surface area contributed by atoms with Crippen LogP contribution in [0.25, 0.3) is 0 Å². The van der Waals surface area contributed by atoms with Crippen LogP contribution in [0.15, 0.2) is 18.2 Å². The molecule has 1 aliphatic carbocycles. The summed E-state index contributed by atoms with van der Waals surface area (Å²) in [6, 6.07) is 7.56. The zero-order valence-electron chi connectivity index (χ0n) is 11.7. The third-order valence-electron chi connectivity index (χ3n) is 4.59. The first kappa shape index (κ1) is 13.4. The molecule has 1 saturated carbocycles. The summed E-state index contributed by atoms with van der Waals surface area (Å²) in [4.78, 5) is 4.80. The van der Waals surface area contributed by atoms with E-state index in [0.717, 1.165) is 37.9 Å². The molecule has 0 bridgehead atoms. The summed E-state index contributed by atoms with van der Waals surface area (Å²) in [7, 11) is 0. The maximum Gasteiger partial charge on any atom is 0.143 e. The monoisotopic (exact) mass is 273 g/mol. The fraction of sp³-hybridized carbons (Fsp3) is 0.562. The molecule has 2 aliphatic rings. The van der Waals surface area contributed by atoms with Crippen molar-refractivity contribution in [1.82, 2.24) is 4.90 Å². The second kappa shape index (κ2) is 5.80. The first-order valence-electron chi connectivity index (χ1n) is 7.46. The molecule has 0 aromatic heterocycles. The Balaban J connectivity index is 1.63. The minimum Gasteiger partial charge on any atom is -0.369 e. The highest BCUT2D eigenvalue weighted by Gasteiger charge is 2.26. The highest BCUT2D eigenvalue weighted by molar-refractivity contribution is 5.50. The van der Waals surface area contributed by atoms with E-state index in [-0.39, 0.29) is 5.56 Å². The number of nitriles is 1. The van der Waals surface area contributed by atoms with Gasteiger partial charge in [-0.3, -0.25) is 4.90 Å². The maximum atomic E-state index is 13.7. The highest BCUT2D eigenvalue weighted by Crippen LogP contribution is 2.26. The number of benzene rings is 1. The number of anilines is 1. The molecule has 0 unspecified atom stereocenters. The Hall–Kier alpha value is -1.60. The van der Waals surface area contributed by atoms with Crippen LogP contribution in [0.5, 0.6) is 0 Å². The fourth-order valence-electron chi connectivity index (χ4n) is 3.41. The van der Waals surface area contributed by atoms with Gasteiger partial charge in [-0.1, -0.05) is 12.8 Å². The van der Waals surface area contributed by atoms with Crippen LogP contribution in [0, 0.1) is 17.1 Å². The van der Waals surface area contributed by atoms with Gasteiger partial charge in [0.05, 0.1) is 5.56 Å². The van der Waals surface area contributed by atoms with E-state index in [2.05, 4.69) is 9.80 Å². The summed E-state index contributed by atoms with van der Waals surface area (Å²) in [6.45, 7) is 4.02. The van der Waals surface area contributed by atoms with Gasteiger partial charge in [0.1, 0.15) is 11.9 Å². The lowest BCUT2D eigenvalue weighted by atomic mass is 10.1. The molecule has 3 rings (SSSR count). The van der Waals surface area contributed by atoms with E-state index in [0.29, 0.717) is 0 Å². The summed E-state index contributed by atoms with van der Waals surface area (Å²) < 4.78 is 13.7. The van der Waals surface area contributed by atoms with Crippen LogP contribution in [0.3, 0.4) is 0 Å². The molecule has 1 aromatic rings. The molecule has 106 valence electrons. The SMILES string of the molecule is N#Cc1ccc(N2CCN(C3CCCC3)CC2)cc1F. The summed E-state index contributed by atoms with van der Waals surface area (Å²) in [5.41, 5.74) is 1.02. The molecule has 2 fully saturated rings. The zero-order valence-corrected chi connectivity index (χ0v) is 11.7. The molecule has 20 heavy (non-hydrogen) atoms. The Labute approximate surface area is 119 Å². The van der Waals surface area contributed by atoms with Crippen LogP contribution in [0.2, 0.25) is 0 Å². The predicted octanol–water partition coefficient (Wildman–Crippen LogP) is 2.76.